The molecule has 162 valence electrons. The minimum absolute atomic E-state index is 0.167. The van der Waals surface area contributed by atoms with Crippen molar-refractivity contribution in [2.24, 2.45) is 0 Å². The quantitative estimate of drug-likeness (QED) is 0.558. The maximum atomic E-state index is 13.1. The van der Waals surface area contributed by atoms with Crippen molar-refractivity contribution in [2.45, 2.75) is 39.3 Å². The minimum atomic E-state index is -0.671. The van der Waals surface area contributed by atoms with Gasteiger partial charge >= 0.3 is 0 Å². The lowest BCUT2D eigenvalue weighted by Crippen LogP contribution is -2.50. The fraction of sp³-hybridized carbons (Fsp3) is 0.364. The molecule has 30 heavy (non-hydrogen) atoms. The zero-order valence-electron chi connectivity index (χ0n) is 17.0. The molecule has 0 aliphatic rings. The number of ether oxygens (including phenoxy) is 1. The molecule has 0 heterocycles. The van der Waals surface area contributed by atoms with E-state index >= 15 is 0 Å². The van der Waals surface area contributed by atoms with Crippen molar-refractivity contribution in [3.05, 3.63) is 63.9 Å². The van der Waals surface area contributed by atoms with E-state index < -0.39 is 11.9 Å². The summed E-state index contributed by atoms with van der Waals surface area (Å²) in [5.74, 6) is -0.630. The molecule has 1 atom stereocenters. The summed E-state index contributed by atoms with van der Waals surface area (Å²) in [5, 5.41) is 3.62. The molecule has 0 aromatic heterocycles. The summed E-state index contributed by atoms with van der Waals surface area (Å²) in [7, 11) is 0. The van der Waals surface area contributed by atoms with Crippen LogP contribution in [0.15, 0.2) is 42.5 Å². The van der Waals surface area contributed by atoms with Crippen LogP contribution in [0, 0.1) is 5.82 Å². The van der Waals surface area contributed by atoms with Gasteiger partial charge < -0.3 is 15.0 Å². The van der Waals surface area contributed by atoms with E-state index in [4.69, 9.17) is 27.9 Å². The Morgan fingerprint density at radius 3 is 2.40 bits per heavy atom. The third-order valence-electron chi connectivity index (χ3n) is 4.45. The lowest BCUT2D eigenvalue weighted by Gasteiger charge is -2.30. The van der Waals surface area contributed by atoms with E-state index in [-0.39, 0.29) is 25.0 Å². The van der Waals surface area contributed by atoms with Crippen LogP contribution >= 0.6 is 23.2 Å². The van der Waals surface area contributed by atoms with Gasteiger partial charge in [0.05, 0.1) is 10.0 Å². The number of amides is 2. The molecule has 2 rings (SSSR count). The molecule has 2 amide bonds. The zero-order chi connectivity index (χ0) is 22.1. The van der Waals surface area contributed by atoms with Crippen LogP contribution < -0.4 is 10.1 Å². The molecule has 8 heteroatoms. The highest BCUT2D eigenvalue weighted by molar-refractivity contribution is 6.42. The summed E-state index contributed by atoms with van der Waals surface area (Å²) in [4.78, 5) is 27.1. The van der Waals surface area contributed by atoms with Gasteiger partial charge in [0, 0.05) is 13.1 Å². The second-order valence-electron chi connectivity index (χ2n) is 6.73. The van der Waals surface area contributed by atoms with Gasteiger partial charge in [-0.3, -0.25) is 9.59 Å². The van der Waals surface area contributed by atoms with Crippen LogP contribution in [0.25, 0.3) is 0 Å². The first-order valence-corrected chi connectivity index (χ1v) is 10.5. The first kappa shape index (κ1) is 24.0. The molecule has 0 aliphatic heterocycles. The van der Waals surface area contributed by atoms with Crippen molar-refractivity contribution in [1.82, 2.24) is 10.2 Å². The highest BCUT2D eigenvalue weighted by atomic mass is 35.5. The van der Waals surface area contributed by atoms with E-state index in [1.807, 2.05) is 13.8 Å². The SMILES string of the molecule is CCCNC(=O)[C@H](CC)N(Cc1ccc(Cl)c(Cl)c1)C(=O)COc1ccc(F)cc1. The second kappa shape index (κ2) is 11.8. The van der Waals surface area contributed by atoms with Crippen LogP contribution in [-0.4, -0.2) is 35.9 Å². The van der Waals surface area contributed by atoms with Crippen LogP contribution in [-0.2, 0) is 16.1 Å². The van der Waals surface area contributed by atoms with Crippen LogP contribution in [0.4, 0.5) is 4.39 Å². The fourth-order valence-electron chi connectivity index (χ4n) is 2.88. The molecule has 0 unspecified atom stereocenters. The lowest BCUT2D eigenvalue weighted by molar-refractivity contribution is -0.143. The van der Waals surface area contributed by atoms with Crippen LogP contribution in [0.5, 0.6) is 5.75 Å². The van der Waals surface area contributed by atoms with Gasteiger partial charge in [0.25, 0.3) is 5.91 Å². The molecular weight excluding hydrogens is 430 g/mol. The Hall–Kier alpha value is -2.31. The third-order valence-corrected chi connectivity index (χ3v) is 5.19. The molecule has 0 fully saturated rings. The summed E-state index contributed by atoms with van der Waals surface area (Å²) >= 11 is 12.1. The Kier molecular flexibility index (Phi) is 9.40. The number of hydrogen-bond donors (Lipinski definition) is 1. The van der Waals surface area contributed by atoms with Crippen molar-refractivity contribution in [3.8, 4) is 5.75 Å². The predicted molar refractivity (Wildman–Crippen MR) is 116 cm³/mol. The van der Waals surface area contributed by atoms with Gasteiger partial charge in [0.2, 0.25) is 5.91 Å². The minimum Gasteiger partial charge on any atom is -0.484 e. The van der Waals surface area contributed by atoms with Crippen molar-refractivity contribution >= 4 is 35.0 Å². The summed E-state index contributed by atoms with van der Waals surface area (Å²) in [6.45, 7) is 4.20. The van der Waals surface area contributed by atoms with Crippen LogP contribution in [0.1, 0.15) is 32.3 Å². The van der Waals surface area contributed by atoms with E-state index in [0.717, 1.165) is 12.0 Å². The number of benzene rings is 2. The fourth-order valence-corrected chi connectivity index (χ4v) is 3.20. The largest absolute Gasteiger partial charge is 0.484 e. The Morgan fingerprint density at radius 2 is 1.80 bits per heavy atom. The normalized spacial score (nSPS) is 11.6. The van der Waals surface area contributed by atoms with Gasteiger partial charge in [-0.2, -0.15) is 0 Å². The first-order chi connectivity index (χ1) is 14.3. The molecule has 0 radical (unpaired) electrons. The molecule has 2 aromatic carbocycles. The summed E-state index contributed by atoms with van der Waals surface area (Å²) in [5.41, 5.74) is 0.737. The standard InChI is InChI=1S/C22H25Cl2FN2O3/c1-3-11-26-22(29)20(4-2)27(13-15-5-10-18(23)19(24)12-15)21(28)14-30-17-8-6-16(25)7-9-17/h5-10,12,20H,3-4,11,13-14H2,1-2H3,(H,26,29)/t20-/m0/s1. The maximum Gasteiger partial charge on any atom is 0.261 e. The Balaban J connectivity index is 2.21. The monoisotopic (exact) mass is 454 g/mol. The van der Waals surface area contributed by atoms with Gasteiger partial charge in [-0.15, -0.1) is 0 Å². The van der Waals surface area contributed by atoms with Crippen molar-refractivity contribution in [2.75, 3.05) is 13.2 Å². The Labute approximate surface area is 186 Å². The number of nitrogens with one attached hydrogen (secondary N) is 1. The Bertz CT molecular complexity index is 862. The number of carbonyl (C=O) groups excluding carboxylic acids is 2. The molecular formula is C22H25Cl2FN2O3. The molecule has 1 N–H and O–H groups in total. The average molecular weight is 455 g/mol. The van der Waals surface area contributed by atoms with Gasteiger partial charge in [0.1, 0.15) is 17.6 Å². The molecule has 5 nitrogen and oxygen atoms in total. The Morgan fingerprint density at radius 1 is 1.10 bits per heavy atom. The van der Waals surface area contributed by atoms with Gasteiger partial charge in [-0.1, -0.05) is 43.1 Å². The van der Waals surface area contributed by atoms with E-state index in [0.29, 0.717) is 28.8 Å². The van der Waals surface area contributed by atoms with E-state index in [1.54, 1.807) is 18.2 Å². The number of hydrogen-bond acceptors (Lipinski definition) is 3. The van der Waals surface area contributed by atoms with Crippen molar-refractivity contribution in [3.63, 3.8) is 0 Å². The van der Waals surface area contributed by atoms with Gasteiger partial charge in [-0.05, 0) is 54.8 Å². The van der Waals surface area contributed by atoms with Gasteiger partial charge in [-0.25, -0.2) is 4.39 Å². The van der Waals surface area contributed by atoms with Crippen molar-refractivity contribution < 1.29 is 18.7 Å². The maximum absolute atomic E-state index is 13.1. The molecule has 2 aromatic rings. The van der Waals surface area contributed by atoms with Crippen LogP contribution in [0.2, 0.25) is 10.0 Å². The van der Waals surface area contributed by atoms with E-state index in [9.17, 15) is 14.0 Å². The predicted octanol–water partition coefficient (Wildman–Crippen LogP) is 4.84. The second-order valence-corrected chi connectivity index (χ2v) is 7.54. The summed E-state index contributed by atoms with van der Waals surface area (Å²) in [6, 6.07) is 9.79. The highest BCUT2D eigenvalue weighted by Crippen LogP contribution is 2.24. The smallest absolute Gasteiger partial charge is 0.261 e. The van der Waals surface area contributed by atoms with E-state index in [2.05, 4.69) is 5.32 Å². The molecule has 0 saturated heterocycles. The first-order valence-electron chi connectivity index (χ1n) is 9.75. The third kappa shape index (κ3) is 6.89. The number of rotatable bonds is 10. The number of nitrogens with zero attached hydrogens (tertiary/aromatic N) is 1. The zero-order valence-corrected chi connectivity index (χ0v) is 18.5. The topological polar surface area (TPSA) is 58.6 Å². The number of carbonyl (C=O) groups is 2. The van der Waals surface area contributed by atoms with Gasteiger partial charge in [0.15, 0.2) is 6.61 Å². The summed E-state index contributed by atoms with van der Waals surface area (Å²) in [6.07, 6.45) is 1.22. The molecule has 0 saturated carbocycles. The van der Waals surface area contributed by atoms with Crippen molar-refractivity contribution in [1.29, 1.82) is 0 Å². The average Bonchev–Trinajstić information content (AvgIpc) is 2.74. The van der Waals surface area contributed by atoms with Crippen LogP contribution in [0.3, 0.4) is 0 Å². The number of halogens is 3. The molecule has 0 spiro atoms. The summed E-state index contributed by atoms with van der Waals surface area (Å²) < 4.78 is 18.6. The molecule has 0 bridgehead atoms. The molecule has 0 aliphatic carbocycles. The van der Waals surface area contributed by atoms with E-state index in [1.165, 1.54) is 29.2 Å². The lowest BCUT2D eigenvalue weighted by atomic mass is 10.1. The highest BCUT2D eigenvalue weighted by Gasteiger charge is 2.28.